The van der Waals surface area contributed by atoms with Crippen molar-refractivity contribution in [2.45, 2.75) is 51.0 Å². The number of para-hydroxylation sites is 1. The number of fused-ring (bicyclic) bond motifs is 1. The van der Waals surface area contributed by atoms with E-state index in [-0.39, 0.29) is 5.91 Å². The molecule has 1 aliphatic carbocycles. The molecule has 0 atom stereocenters. The molecular formula is C32H40N4O2. The maximum Gasteiger partial charge on any atom is 0.254 e. The third-order valence-electron chi connectivity index (χ3n) is 7.91. The van der Waals surface area contributed by atoms with Crippen molar-refractivity contribution in [2.24, 2.45) is 0 Å². The molecular weight excluding hydrogens is 472 g/mol. The van der Waals surface area contributed by atoms with E-state index in [0.717, 1.165) is 57.6 Å². The topological polar surface area (TPSA) is 57.7 Å². The van der Waals surface area contributed by atoms with Crippen LogP contribution in [0.25, 0.3) is 0 Å². The normalized spacial score (nSPS) is 16.2. The maximum atomic E-state index is 13.5. The van der Waals surface area contributed by atoms with Gasteiger partial charge in [-0.15, -0.1) is 0 Å². The molecule has 2 aliphatic rings. The fraction of sp³-hybridized carbons (Fsp3) is 0.438. The number of piperidine rings is 1. The number of carbonyl (C=O) groups excluding carboxylic acids is 1. The zero-order chi connectivity index (χ0) is 26.3. The fourth-order valence-electron chi connectivity index (χ4n) is 5.75. The minimum Gasteiger partial charge on any atom is -0.457 e. The predicted octanol–water partition coefficient (Wildman–Crippen LogP) is 5.42. The molecule has 0 bridgehead atoms. The van der Waals surface area contributed by atoms with E-state index in [1.807, 2.05) is 73.6 Å². The van der Waals surface area contributed by atoms with Gasteiger partial charge in [-0.1, -0.05) is 24.3 Å². The summed E-state index contributed by atoms with van der Waals surface area (Å²) < 4.78 is 5.97. The number of nitrogens with zero attached hydrogens (tertiary/aromatic N) is 3. The minimum absolute atomic E-state index is 0.00396. The molecule has 1 aliphatic heterocycles. The van der Waals surface area contributed by atoms with E-state index in [4.69, 9.17) is 9.72 Å². The van der Waals surface area contributed by atoms with E-state index >= 15 is 0 Å². The second-order valence-electron chi connectivity index (χ2n) is 10.7. The summed E-state index contributed by atoms with van der Waals surface area (Å²) in [5.41, 5.74) is 5.77. The molecule has 5 rings (SSSR count). The van der Waals surface area contributed by atoms with Gasteiger partial charge in [0.25, 0.3) is 5.91 Å². The zero-order valence-electron chi connectivity index (χ0n) is 22.8. The zero-order valence-corrected chi connectivity index (χ0v) is 22.8. The van der Waals surface area contributed by atoms with E-state index in [1.165, 1.54) is 35.4 Å². The van der Waals surface area contributed by atoms with E-state index < -0.39 is 0 Å². The number of aryl methyl sites for hydroxylation is 1. The molecule has 0 radical (unpaired) electrons. The summed E-state index contributed by atoms with van der Waals surface area (Å²) in [5, 5.41) is 3.26. The van der Waals surface area contributed by atoms with Crippen molar-refractivity contribution in [3.05, 3.63) is 88.7 Å². The molecule has 6 nitrogen and oxygen atoms in total. The summed E-state index contributed by atoms with van der Waals surface area (Å²) in [4.78, 5) is 23.1. The van der Waals surface area contributed by atoms with Gasteiger partial charge in [0.05, 0.1) is 0 Å². The van der Waals surface area contributed by atoms with Gasteiger partial charge in [0, 0.05) is 49.6 Å². The Kier molecular flexibility index (Phi) is 8.72. The van der Waals surface area contributed by atoms with Crippen molar-refractivity contribution in [3.8, 4) is 11.5 Å². The van der Waals surface area contributed by atoms with Crippen molar-refractivity contribution in [2.75, 3.05) is 40.3 Å². The second kappa shape index (κ2) is 12.5. The first-order valence-corrected chi connectivity index (χ1v) is 14.1. The number of hydrogen-bond donors (Lipinski definition) is 1. The molecule has 0 unspecified atom stereocenters. The highest BCUT2D eigenvalue weighted by atomic mass is 16.5. The van der Waals surface area contributed by atoms with Gasteiger partial charge < -0.3 is 19.9 Å². The van der Waals surface area contributed by atoms with Crippen LogP contribution >= 0.6 is 0 Å². The number of carbonyl (C=O) groups is 1. The summed E-state index contributed by atoms with van der Waals surface area (Å²) in [6.45, 7) is 4.99. The third kappa shape index (κ3) is 6.43. The standard InChI is InChI=1S/C32H40N4O2/c1-33-17-20-36-18-15-24(16-19-36)31-22-26(29-13-6-7-14-30(29)34-31)23-35(2)32(37)25-9-8-12-28(21-25)38-27-10-4-3-5-11-27/h3-5,8-12,21-22,24,33H,6-7,13-20,23H2,1-2H3. The first kappa shape index (κ1) is 26.4. The van der Waals surface area contributed by atoms with Crippen LogP contribution in [0.4, 0.5) is 0 Å². The SMILES string of the molecule is CNCCN1CCC(c2cc(CN(C)C(=O)c3cccc(Oc4ccccc4)c3)c3c(n2)CCCC3)CC1. The highest BCUT2D eigenvalue weighted by molar-refractivity contribution is 5.94. The summed E-state index contributed by atoms with van der Waals surface area (Å²) in [6.07, 6.45) is 6.81. The summed E-state index contributed by atoms with van der Waals surface area (Å²) in [6, 6.07) is 19.5. The molecule has 6 heteroatoms. The number of rotatable bonds is 9. The minimum atomic E-state index is 0.00396. The van der Waals surface area contributed by atoms with Crippen LogP contribution in [-0.2, 0) is 19.4 Å². The van der Waals surface area contributed by atoms with Gasteiger partial charge in [-0.3, -0.25) is 9.78 Å². The number of likely N-dealkylation sites (tertiary alicyclic amines) is 1. The van der Waals surface area contributed by atoms with Crippen molar-refractivity contribution >= 4 is 5.91 Å². The van der Waals surface area contributed by atoms with Gasteiger partial charge in [0.15, 0.2) is 0 Å². The first-order valence-electron chi connectivity index (χ1n) is 14.1. The average Bonchev–Trinajstić information content (AvgIpc) is 2.96. The summed E-state index contributed by atoms with van der Waals surface area (Å²) in [5.74, 6) is 1.93. The third-order valence-corrected chi connectivity index (χ3v) is 7.91. The quantitative estimate of drug-likeness (QED) is 0.415. The average molecular weight is 513 g/mol. The van der Waals surface area contributed by atoms with E-state index in [1.54, 1.807) is 0 Å². The van der Waals surface area contributed by atoms with E-state index in [2.05, 4.69) is 16.3 Å². The summed E-state index contributed by atoms with van der Waals surface area (Å²) in [7, 11) is 3.92. The van der Waals surface area contributed by atoms with Crippen LogP contribution in [0.15, 0.2) is 60.7 Å². The van der Waals surface area contributed by atoms with Crippen LogP contribution in [0, 0.1) is 0 Å². The number of aromatic nitrogens is 1. The Morgan fingerprint density at radius 3 is 2.58 bits per heavy atom. The molecule has 1 saturated heterocycles. The molecule has 0 saturated carbocycles. The van der Waals surface area contributed by atoms with Crippen LogP contribution in [0.5, 0.6) is 11.5 Å². The molecule has 2 aromatic carbocycles. The van der Waals surface area contributed by atoms with Gasteiger partial charge in [0.2, 0.25) is 0 Å². The number of likely N-dealkylation sites (N-methyl/N-ethyl adjacent to an activating group) is 1. The maximum absolute atomic E-state index is 13.5. The Bertz CT molecular complexity index is 1220. The van der Waals surface area contributed by atoms with Gasteiger partial charge in [0.1, 0.15) is 11.5 Å². The van der Waals surface area contributed by atoms with Crippen molar-refractivity contribution in [1.82, 2.24) is 20.1 Å². The van der Waals surface area contributed by atoms with Gasteiger partial charge in [-0.2, -0.15) is 0 Å². The lowest BCUT2D eigenvalue weighted by Gasteiger charge is -2.32. The van der Waals surface area contributed by atoms with Gasteiger partial charge in [-0.25, -0.2) is 0 Å². The molecule has 200 valence electrons. The Balaban J connectivity index is 1.31. The van der Waals surface area contributed by atoms with E-state index in [9.17, 15) is 4.79 Å². The predicted molar refractivity (Wildman–Crippen MR) is 152 cm³/mol. The Morgan fingerprint density at radius 1 is 1.03 bits per heavy atom. The number of pyridine rings is 1. The summed E-state index contributed by atoms with van der Waals surface area (Å²) >= 11 is 0. The number of benzene rings is 2. The van der Waals surface area contributed by atoms with Crippen LogP contribution in [-0.4, -0.2) is 61.0 Å². The molecule has 38 heavy (non-hydrogen) atoms. The molecule has 0 spiro atoms. The number of nitrogens with one attached hydrogen (secondary N) is 1. The number of ether oxygens (including phenoxy) is 1. The lowest BCUT2D eigenvalue weighted by molar-refractivity contribution is 0.0784. The highest BCUT2D eigenvalue weighted by Gasteiger charge is 2.25. The lowest BCUT2D eigenvalue weighted by Crippen LogP contribution is -2.37. The number of amides is 1. The molecule has 1 amide bonds. The Labute approximate surface area is 227 Å². The van der Waals surface area contributed by atoms with Crippen molar-refractivity contribution < 1.29 is 9.53 Å². The Hall–Kier alpha value is -3.22. The van der Waals surface area contributed by atoms with Crippen molar-refractivity contribution in [3.63, 3.8) is 0 Å². The van der Waals surface area contributed by atoms with E-state index in [0.29, 0.717) is 23.8 Å². The molecule has 1 fully saturated rings. The molecule has 3 aromatic rings. The van der Waals surface area contributed by atoms with Crippen LogP contribution in [0.3, 0.4) is 0 Å². The second-order valence-corrected chi connectivity index (χ2v) is 10.7. The molecule has 1 aromatic heterocycles. The number of hydrogen-bond acceptors (Lipinski definition) is 5. The Morgan fingerprint density at radius 2 is 1.79 bits per heavy atom. The fourth-order valence-corrected chi connectivity index (χ4v) is 5.75. The lowest BCUT2D eigenvalue weighted by atomic mass is 9.87. The van der Waals surface area contributed by atoms with Gasteiger partial charge >= 0.3 is 0 Å². The van der Waals surface area contributed by atoms with Crippen LogP contribution in [0.1, 0.15) is 64.5 Å². The van der Waals surface area contributed by atoms with Crippen LogP contribution < -0.4 is 10.1 Å². The molecule has 2 heterocycles. The monoisotopic (exact) mass is 512 g/mol. The smallest absolute Gasteiger partial charge is 0.254 e. The van der Waals surface area contributed by atoms with Crippen LogP contribution in [0.2, 0.25) is 0 Å². The van der Waals surface area contributed by atoms with Crippen molar-refractivity contribution in [1.29, 1.82) is 0 Å². The highest BCUT2D eigenvalue weighted by Crippen LogP contribution is 2.32. The first-order chi connectivity index (χ1) is 18.6. The largest absolute Gasteiger partial charge is 0.457 e. The molecule has 1 N–H and O–H groups in total. The van der Waals surface area contributed by atoms with Gasteiger partial charge in [-0.05, 0) is 106 Å².